The Bertz CT molecular complexity index is 619. The number of sulfonamides is 1. The van der Waals surface area contributed by atoms with E-state index in [1.54, 1.807) is 13.0 Å². The Morgan fingerprint density at radius 3 is 2.81 bits per heavy atom. The Hall–Kier alpha value is -0.820. The molecule has 4 N–H and O–H groups in total. The predicted octanol–water partition coefficient (Wildman–Crippen LogP) is 2.06. The van der Waals surface area contributed by atoms with Crippen LogP contribution < -0.4 is 10.5 Å². The fourth-order valence-corrected chi connectivity index (χ4v) is 4.36. The third-order valence-corrected chi connectivity index (χ3v) is 5.82. The second-order valence-electron chi connectivity index (χ2n) is 5.68. The normalized spacial score (nSPS) is 23.2. The van der Waals surface area contributed by atoms with Gasteiger partial charge in [-0.15, -0.1) is 0 Å². The molecular weight excluding hydrogens is 312 g/mol. The molecule has 1 aromatic carbocycles. The maximum Gasteiger partial charge on any atom is 0.242 e. The van der Waals surface area contributed by atoms with Crippen LogP contribution in [0.4, 0.5) is 5.69 Å². The van der Waals surface area contributed by atoms with Gasteiger partial charge in [0.1, 0.15) is 4.90 Å². The second kappa shape index (κ2) is 6.52. The lowest BCUT2D eigenvalue weighted by atomic mass is 9.87. The van der Waals surface area contributed by atoms with Gasteiger partial charge in [-0.2, -0.15) is 0 Å². The van der Waals surface area contributed by atoms with Gasteiger partial charge in [0, 0.05) is 12.2 Å². The number of aliphatic hydroxyl groups is 1. The lowest BCUT2D eigenvalue weighted by Gasteiger charge is -2.25. The Balaban J connectivity index is 2.10. The topological polar surface area (TPSA) is 92.4 Å². The zero-order chi connectivity index (χ0) is 15.6. The van der Waals surface area contributed by atoms with E-state index in [9.17, 15) is 13.5 Å². The van der Waals surface area contributed by atoms with Crippen molar-refractivity contribution in [3.63, 3.8) is 0 Å². The molecule has 0 aliphatic heterocycles. The molecule has 21 heavy (non-hydrogen) atoms. The van der Waals surface area contributed by atoms with Gasteiger partial charge >= 0.3 is 0 Å². The molecule has 1 aliphatic rings. The number of rotatable bonds is 4. The van der Waals surface area contributed by atoms with Gasteiger partial charge in [-0.1, -0.05) is 18.0 Å². The fourth-order valence-electron chi connectivity index (χ4n) is 2.63. The van der Waals surface area contributed by atoms with Gasteiger partial charge in [-0.25, -0.2) is 13.1 Å². The number of nitrogen functional groups attached to an aromatic ring is 1. The highest BCUT2D eigenvalue weighted by Gasteiger charge is 2.24. The van der Waals surface area contributed by atoms with Crippen molar-refractivity contribution < 1.29 is 13.5 Å². The van der Waals surface area contributed by atoms with Crippen molar-refractivity contribution in [2.45, 2.75) is 43.6 Å². The molecule has 1 aliphatic carbocycles. The van der Waals surface area contributed by atoms with E-state index in [0.29, 0.717) is 18.7 Å². The molecular formula is C14H21ClN2O3S. The van der Waals surface area contributed by atoms with Gasteiger partial charge in [0.25, 0.3) is 0 Å². The van der Waals surface area contributed by atoms with Crippen molar-refractivity contribution in [1.29, 1.82) is 0 Å². The summed E-state index contributed by atoms with van der Waals surface area (Å²) in [5.74, 6) is 0.157. The van der Waals surface area contributed by atoms with Gasteiger partial charge < -0.3 is 10.8 Å². The summed E-state index contributed by atoms with van der Waals surface area (Å²) >= 11 is 6.02. The van der Waals surface area contributed by atoms with Crippen LogP contribution in [0, 0.1) is 12.8 Å². The van der Waals surface area contributed by atoms with Crippen LogP contribution in [0.3, 0.4) is 0 Å². The average molecular weight is 333 g/mol. The van der Waals surface area contributed by atoms with E-state index < -0.39 is 10.0 Å². The van der Waals surface area contributed by atoms with E-state index in [1.807, 2.05) is 0 Å². The monoisotopic (exact) mass is 332 g/mol. The number of benzene rings is 1. The van der Waals surface area contributed by atoms with Crippen LogP contribution in [0.5, 0.6) is 0 Å². The average Bonchev–Trinajstić information content (AvgIpc) is 2.41. The van der Waals surface area contributed by atoms with E-state index in [1.165, 1.54) is 6.07 Å². The van der Waals surface area contributed by atoms with Crippen LogP contribution in [0.15, 0.2) is 17.0 Å². The molecule has 5 nitrogen and oxygen atoms in total. The quantitative estimate of drug-likeness (QED) is 0.736. The van der Waals surface area contributed by atoms with Crippen LogP contribution in [0.2, 0.25) is 5.02 Å². The summed E-state index contributed by atoms with van der Waals surface area (Å²) in [6.45, 7) is 2.08. The summed E-state index contributed by atoms with van der Waals surface area (Å²) in [6, 6.07) is 2.94. The maximum atomic E-state index is 12.3. The smallest absolute Gasteiger partial charge is 0.242 e. The second-order valence-corrected chi connectivity index (χ2v) is 7.82. The van der Waals surface area contributed by atoms with Crippen molar-refractivity contribution in [3.8, 4) is 0 Å². The number of nitrogens with one attached hydrogen (secondary N) is 1. The van der Waals surface area contributed by atoms with Gasteiger partial charge in [0.05, 0.1) is 11.1 Å². The SMILES string of the molecule is Cc1cc(Cl)c(S(=O)(=O)NCC2CCCC(O)C2)cc1N. The minimum absolute atomic E-state index is 0.00336. The molecule has 7 heteroatoms. The van der Waals surface area contributed by atoms with Crippen molar-refractivity contribution in [3.05, 3.63) is 22.7 Å². The van der Waals surface area contributed by atoms with Gasteiger partial charge in [0.15, 0.2) is 0 Å². The highest BCUT2D eigenvalue weighted by molar-refractivity contribution is 7.89. The van der Waals surface area contributed by atoms with E-state index in [0.717, 1.165) is 24.8 Å². The summed E-state index contributed by atoms with van der Waals surface area (Å²) in [5.41, 5.74) is 6.90. The molecule has 1 fully saturated rings. The number of nitrogens with two attached hydrogens (primary N) is 1. The van der Waals surface area contributed by atoms with Crippen LogP contribution in [-0.2, 0) is 10.0 Å². The van der Waals surface area contributed by atoms with E-state index >= 15 is 0 Å². The highest BCUT2D eigenvalue weighted by Crippen LogP contribution is 2.28. The van der Waals surface area contributed by atoms with E-state index in [2.05, 4.69) is 4.72 Å². The summed E-state index contributed by atoms with van der Waals surface area (Å²) in [7, 11) is -3.69. The Kier molecular flexibility index (Phi) is 5.14. The molecule has 0 amide bonds. The Labute approximate surface area is 130 Å². The van der Waals surface area contributed by atoms with Crippen LogP contribution in [-0.4, -0.2) is 26.2 Å². The molecule has 0 heterocycles. The first-order chi connectivity index (χ1) is 9.79. The van der Waals surface area contributed by atoms with Crippen LogP contribution >= 0.6 is 11.6 Å². The first kappa shape index (κ1) is 16.5. The van der Waals surface area contributed by atoms with Crippen molar-refractivity contribution in [2.24, 2.45) is 5.92 Å². The molecule has 0 aromatic heterocycles. The summed E-state index contributed by atoms with van der Waals surface area (Å²) in [6.07, 6.45) is 2.94. The van der Waals surface area contributed by atoms with E-state index in [-0.39, 0.29) is 21.9 Å². The number of hydrogen-bond donors (Lipinski definition) is 3. The number of hydrogen-bond acceptors (Lipinski definition) is 4. The Morgan fingerprint density at radius 2 is 2.14 bits per heavy atom. The summed E-state index contributed by atoms with van der Waals surface area (Å²) in [4.78, 5) is 0.00336. The fraction of sp³-hybridized carbons (Fsp3) is 0.571. The van der Waals surface area contributed by atoms with Gasteiger partial charge in [0.2, 0.25) is 10.0 Å². The largest absolute Gasteiger partial charge is 0.398 e. The molecule has 0 bridgehead atoms. The minimum Gasteiger partial charge on any atom is -0.398 e. The highest BCUT2D eigenvalue weighted by atomic mass is 35.5. The Morgan fingerprint density at radius 1 is 1.43 bits per heavy atom. The molecule has 2 atom stereocenters. The molecule has 0 saturated heterocycles. The molecule has 2 unspecified atom stereocenters. The number of halogens is 1. The zero-order valence-corrected chi connectivity index (χ0v) is 13.5. The molecule has 118 valence electrons. The van der Waals surface area contributed by atoms with Crippen molar-refractivity contribution in [2.75, 3.05) is 12.3 Å². The summed E-state index contributed by atoms with van der Waals surface area (Å²) < 4.78 is 27.2. The summed E-state index contributed by atoms with van der Waals surface area (Å²) in [5, 5.41) is 9.79. The van der Waals surface area contributed by atoms with E-state index in [4.69, 9.17) is 17.3 Å². The number of aliphatic hydroxyl groups excluding tert-OH is 1. The maximum absolute atomic E-state index is 12.3. The minimum atomic E-state index is -3.69. The van der Waals surface area contributed by atoms with Crippen LogP contribution in [0.25, 0.3) is 0 Å². The van der Waals surface area contributed by atoms with Crippen molar-refractivity contribution >= 4 is 27.3 Å². The molecule has 0 radical (unpaired) electrons. The number of aryl methyl sites for hydroxylation is 1. The molecule has 0 spiro atoms. The first-order valence-corrected chi connectivity index (χ1v) is 8.89. The third-order valence-electron chi connectivity index (χ3n) is 3.93. The third kappa shape index (κ3) is 4.10. The molecule has 2 rings (SSSR count). The molecule has 1 aromatic rings. The van der Waals surface area contributed by atoms with Gasteiger partial charge in [-0.05, 0) is 49.8 Å². The first-order valence-electron chi connectivity index (χ1n) is 7.03. The number of anilines is 1. The van der Waals surface area contributed by atoms with Crippen LogP contribution in [0.1, 0.15) is 31.2 Å². The van der Waals surface area contributed by atoms with Crippen molar-refractivity contribution in [1.82, 2.24) is 4.72 Å². The standard InChI is InChI=1S/C14H21ClN2O3S/c1-9-5-12(15)14(7-13(9)16)21(19,20)17-8-10-3-2-4-11(18)6-10/h5,7,10-11,17-18H,2-4,6,8,16H2,1H3. The zero-order valence-electron chi connectivity index (χ0n) is 12.0. The van der Waals surface area contributed by atoms with Gasteiger partial charge in [-0.3, -0.25) is 0 Å². The predicted molar refractivity (Wildman–Crippen MR) is 83.8 cm³/mol. The molecule has 1 saturated carbocycles. The lowest BCUT2D eigenvalue weighted by molar-refractivity contribution is 0.102. The lowest BCUT2D eigenvalue weighted by Crippen LogP contribution is -2.33.